The topological polar surface area (TPSA) is 49.3 Å². The molecule has 2 N–H and O–H groups in total. The van der Waals surface area contributed by atoms with E-state index in [0.29, 0.717) is 6.54 Å². The van der Waals surface area contributed by atoms with Crippen LogP contribution in [0.4, 0.5) is 0 Å². The molecule has 0 aromatic heterocycles. The van der Waals surface area contributed by atoms with Gasteiger partial charge in [-0.1, -0.05) is 6.92 Å². The molecule has 0 unspecified atom stereocenters. The van der Waals surface area contributed by atoms with Gasteiger partial charge in [0.2, 0.25) is 0 Å². The van der Waals surface area contributed by atoms with Crippen molar-refractivity contribution in [2.45, 2.75) is 6.42 Å². The minimum atomic E-state index is -0.821. The van der Waals surface area contributed by atoms with E-state index in [0.717, 1.165) is 6.42 Å². The first kappa shape index (κ1) is 7.43. The molecule has 0 atom stereocenters. The zero-order valence-corrected chi connectivity index (χ0v) is 4.68. The van der Waals surface area contributed by atoms with Crippen LogP contribution in [0.25, 0.3) is 0 Å². The smallest absolute Gasteiger partial charge is 0.317 e. The maximum atomic E-state index is 9.79. The first-order chi connectivity index (χ1) is 3.77. The van der Waals surface area contributed by atoms with Gasteiger partial charge in [0.05, 0.1) is 6.54 Å². The predicted octanol–water partition coefficient (Wildman–Crippen LogP) is -0.115. The van der Waals surface area contributed by atoms with Crippen molar-refractivity contribution in [3.8, 4) is 0 Å². The van der Waals surface area contributed by atoms with Crippen LogP contribution in [-0.2, 0) is 4.79 Å². The van der Waals surface area contributed by atoms with Gasteiger partial charge in [-0.05, 0) is 13.0 Å². The Morgan fingerprint density at radius 2 is 2.38 bits per heavy atom. The second kappa shape index (κ2) is 4.59. The quantitative estimate of drug-likeness (QED) is 0.504. The molecule has 0 fully saturated rings. The number of hydrogen-bond acceptors (Lipinski definition) is 2. The number of aliphatic carboxylic acids is 1. The molecule has 1 radical (unpaired) electrons. The third-order valence-electron chi connectivity index (χ3n) is 0.630. The minimum absolute atomic E-state index is 0.0372. The van der Waals surface area contributed by atoms with Crippen LogP contribution in [0.3, 0.4) is 0 Å². The van der Waals surface area contributed by atoms with Gasteiger partial charge in [0, 0.05) is 0 Å². The summed E-state index contributed by atoms with van der Waals surface area (Å²) in [6.45, 7) is 4.24. The number of carboxylic acids is 1. The normalized spacial score (nSPS) is 9.12. The Bertz CT molecular complexity index is 72.8. The Kier molecular flexibility index (Phi) is 4.26. The zero-order valence-electron chi connectivity index (χ0n) is 4.68. The van der Waals surface area contributed by atoms with E-state index in [1.165, 1.54) is 0 Å². The summed E-state index contributed by atoms with van der Waals surface area (Å²) in [7, 11) is 0. The summed E-state index contributed by atoms with van der Waals surface area (Å²) in [5.74, 6) is -0.821. The molecule has 0 aromatic rings. The molecule has 47 valence electrons. The second-order valence-corrected chi connectivity index (χ2v) is 1.42. The lowest BCUT2D eigenvalue weighted by atomic mass is 10.5. The first-order valence-corrected chi connectivity index (χ1v) is 2.49. The molecular formula is C5H10NO2. The van der Waals surface area contributed by atoms with Gasteiger partial charge in [0.15, 0.2) is 0 Å². The third-order valence-corrected chi connectivity index (χ3v) is 0.630. The lowest BCUT2D eigenvalue weighted by Crippen LogP contribution is -2.22. The van der Waals surface area contributed by atoms with Crippen molar-refractivity contribution >= 4 is 5.97 Å². The standard InChI is InChI=1S/C5H10NO2/c1-2-3-6-4-5(7)8/h6H,1-4H2,(H,7,8). The van der Waals surface area contributed by atoms with E-state index in [-0.39, 0.29) is 6.54 Å². The van der Waals surface area contributed by atoms with Crippen LogP contribution in [0.1, 0.15) is 6.42 Å². The van der Waals surface area contributed by atoms with Crippen molar-refractivity contribution in [1.82, 2.24) is 5.32 Å². The molecule has 0 amide bonds. The van der Waals surface area contributed by atoms with Crippen molar-refractivity contribution in [3.63, 3.8) is 0 Å². The van der Waals surface area contributed by atoms with Crippen LogP contribution >= 0.6 is 0 Å². The van der Waals surface area contributed by atoms with Crippen molar-refractivity contribution < 1.29 is 9.90 Å². The summed E-state index contributed by atoms with van der Waals surface area (Å²) in [6.07, 6.45) is 0.729. The van der Waals surface area contributed by atoms with Crippen molar-refractivity contribution in [3.05, 3.63) is 6.92 Å². The molecule has 8 heavy (non-hydrogen) atoms. The highest BCUT2D eigenvalue weighted by Crippen LogP contribution is 1.66. The van der Waals surface area contributed by atoms with Gasteiger partial charge in [0.25, 0.3) is 0 Å². The fourth-order valence-corrected chi connectivity index (χ4v) is 0.320. The average Bonchev–Trinajstić information content (AvgIpc) is 1.66. The van der Waals surface area contributed by atoms with Gasteiger partial charge < -0.3 is 10.4 Å². The highest BCUT2D eigenvalue weighted by molar-refractivity contribution is 5.68. The maximum Gasteiger partial charge on any atom is 0.317 e. The molecule has 0 aliphatic rings. The van der Waals surface area contributed by atoms with Crippen molar-refractivity contribution in [2.75, 3.05) is 13.1 Å². The molecule has 0 saturated heterocycles. The van der Waals surface area contributed by atoms with Crippen molar-refractivity contribution in [1.29, 1.82) is 0 Å². The molecule has 0 rings (SSSR count). The van der Waals surface area contributed by atoms with Crippen LogP contribution in [0, 0.1) is 6.92 Å². The summed E-state index contributed by atoms with van der Waals surface area (Å²) < 4.78 is 0. The van der Waals surface area contributed by atoms with Gasteiger partial charge >= 0.3 is 5.97 Å². The first-order valence-electron chi connectivity index (χ1n) is 2.49. The van der Waals surface area contributed by atoms with Gasteiger partial charge in [-0.15, -0.1) is 0 Å². The zero-order chi connectivity index (χ0) is 6.41. The molecule has 3 heteroatoms. The van der Waals surface area contributed by atoms with Gasteiger partial charge in [-0.25, -0.2) is 0 Å². The number of carbonyl (C=O) groups is 1. The fourth-order valence-electron chi connectivity index (χ4n) is 0.320. The lowest BCUT2D eigenvalue weighted by Gasteiger charge is -1.94. The monoisotopic (exact) mass is 116 g/mol. The van der Waals surface area contributed by atoms with E-state index in [4.69, 9.17) is 5.11 Å². The van der Waals surface area contributed by atoms with Crippen LogP contribution in [0.2, 0.25) is 0 Å². The fraction of sp³-hybridized carbons (Fsp3) is 0.600. The molecule has 0 aliphatic heterocycles. The Morgan fingerprint density at radius 3 is 2.75 bits per heavy atom. The summed E-state index contributed by atoms with van der Waals surface area (Å²) in [4.78, 5) is 9.79. The van der Waals surface area contributed by atoms with E-state index in [1.807, 2.05) is 0 Å². The second-order valence-electron chi connectivity index (χ2n) is 1.42. The van der Waals surface area contributed by atoms with E-state index < -0.39 is 5.97 Å². The molecule has 0 bridgehead atoms. The van der Waals surface area contributed by atoms with Gasteiger partial charge in [-0.2, -0.15) is 0 Å². The van der Waals surface area contributed by atoms with Crippen LogP contribution in [-0.4, -0.2) is 24.2 Å². The van der Waals surface area contributed by atoms with Crippen LogP contribution in [0.15, 0.2) is 0 Å². The van der Waals surface area contributed by atoms with Crippen LogP contribution in [0.5, 0.6) is 0 Å². The van der Waals surface area contributed by atoms with Crippen molar-refractivity contribution in [2.24, 2.45) is 0 Å². The molecule has 0 heterocycles. The van der Waals surface area contributed by atoms with E-state index in [2.05, 4.69) is 12.2 Å². The summed E-state index contributed by atoms with van der Waals surface area (Å²) in [5, 5.41) is 10.7. The minimum Gasteiger partial charge on any atom is -0.480 e. The van der Waals surface area contributed by atoms with E-state index >= 15 is 0 Å². The molecular weight excluding hydrogens is 106 g/mol. The van der Waals surface area contributed by atoms with Gasteiger partial charge in [-0.3, -0.25) is 4.79 Å². The number of nitrogens with one attached hydrogen (secondary N) is 1. The Hall–Kier alpha value is -0.570. The van der Waals surface area contributed by atoms with Gasteiger partial charge in [0.1, 0.15) is 0 Å². The third kappa shape index (κ3) is 5.43. The molecule has 0 aromatic carbocycles. The molecule has 3 nitrogen and oxygen atoms in total. The lowest BCUT2D eigenvalue weighted by molar-refractivity contribution is -0.135. The highest BCUT2D eigenvalue weighted by atomic mass is 16.4. The molecule has 0 aliphatic carbocycles. The highest BCUT2D eigenvalue weighted by Gasteiger charge is 1.90. The number of carboxylic acid groups (broad SMARTS) is 1. The summed E-state index contributed by atoms with van der Waals surface area (Å²) in [6, 6.07) is 0. The largest absolute Gasteiger partial charge is 0.480 e. The molecule has 0 spiro atoms. The number of rotatable bonds is 4. The summed E-state index contributed by atoms with van der Waals surface area (Å²) >= 11 is 0. The summed E-state index contributed by atoms with van der Waals surface area (Å²) in [5.41, 5.74) is 0. The maximum absolute atomic E-state index is 9.79. The number of hydrogen-bond donors (Lipinski definition) is 2. The predicted molar refractivity (Wildman–Crippen MR) is 30.5 cm³/mol. The Morgan fingerprint density at radius 1 is 1.75 bits per heavy atom. The molecule has 0 saturated carbocycles. The SMILES string of the molecule is [CH2]CCNCC(=O)O. The Labute approximate surface area is 48.7 Å². The van der Waals surface area contributed by atoms with E-state index in [1.54, 1.807) is 0 Å². The Balaban J connectivity index is 2.82. The average molecular weight is 116 g/mol. The van der Waals surface area contributed by atoms with E-state index in [9.17, 15) is 4.79 Å². The van der Waals surface area contributed by atoms with Crippen LogP contribution < -0.4 is 5.32 Å².